The van der Waals surface area contributed by atoms with E-state index in [1.54, 1.807) is 0 Å². The van der Waals surface area contributed by atoms with Crippen molar-refractivity contribution in [3.63, 3.8) is 0 Å². The van der Waals surface area contributed by atoms with Crippen LogP contribution in [0.4, 0.5) is 8.78 Å². The predicted molar refractivity (Wildman–Crippen MR) is 52.8 cm³/mol. The maximum absolute atomic E-state index is 12.5. The molecule has 0 N–H and O–H groups in total. The van der Waals surface area contributed by atoms with Gasteiger partial charge in [0.15, 0.2) is 0 Å². The summed E-state index contributed by atoms with van der Waals surface area (Å²) >= 11 is 5.56. The SMILES string of the molecule is F/C(Cl)=C(/F)SCc1ccccc1. The van der Waals surface area contributed by atoms with Gasteiger partial charge in [0.25, 0.3) is 0 Å². The summed E-state index contributed by atoms with van der Waals surface area (Å²) in [6, 6.07) is 9.23. The van der Waals surface area contributed by atoms with Crippen molar-refractivity contribution in [1.82, 2.24) is 0 Å². The molecule has 0 amide bonds. The minimum absolute atomic E-state index is 0.382. The molecule has 4 heteroatoms. The quantitative estimate of drug-likeness (QED) is 0.735. The lowest BCUT2D eigenvalue weighted by Gasteiger charge is -1.97. The summed E-state index contributed by atoms with van der Waals surface area (Å²) in [6.45, 7) is 0. The van der Waals surface area contributed by atoms with E-state index in [0.29, 0.717) is 5.75 Å². The molecule has 1 aromatic carbocycles. The molecule has 70 valence electrons. The molecule has 0 unspecified atom stereocenters. The number of benzene rings is 1. The summed E-state index contributed by atoms with van der Waals surface area (Å²) in [4.78, 5) is 0. The lowest BCUT2D eigenvalue weighted by Crippen LogP contribution is -1.78. The zero-order chi connectivity index (χ0) is 9.68. The minimum atomic E-state index is -1.28. The third-order valence-corrected chi connectivity index (χ3v) is 2.55. The Morgan fingerprint density at radius 1 is 1.23 bits per heavy atom. The van der Waals surface area contributed by atoms with Crippen LogP contribution in [-0.4, -0.2) is 0 Å². The zero-order valence-corrected chi connectivity index (χ0v) is 8.21. The van der Waals surface area contributed by atoms with Crippen molar-refractivity contribution in [3.8, 4) is 0 Å². The van der Waals surface area contributed by atoms with Crippen molar-refractivity contribution in [2.75, 3.05) is 0 Å². The van der Waals surface area contributed by atoms with Gasteiger partial charge in [-0.25, -0.2) is 0 Å². The topological polar surface area (TPSA) is 0 Å². The molecular weight excluding hydrogens is 214 g/mol. The van der Waals surface area contributed by atoms with Crippen LogP contribution >= 0.6 is 23.4 Å². The van der Waals surface area contributed by atoms with Gasteiger partial charge in [0.2, 0.25) is 10.4 Å². The maximum atomic E-state index is 12.5. The van der Waals surface area contributed by atoms with Gasteiger partial charge in [0.05, 0.1) is 0 Å². The molecule has 0 heterocycles. The van der Waals surface area contributed by atoms with Crippen molar-refractivity contribution in [2.24, 2.45) is 0 Å². The van der Waals surface area contributed by atoms with Crippen LogP contribution < -0.4 is 0 Å². The molecule has 0 aromatic heterocycles. The molecule has 0 aliphatic rings. The average Bonchev–Trinajstić information content (AvgIpc) is 2.15. The van der Waals surface area contributed by atoms with Gasteiger partial charge in [-0.3, -0.25) is 0 Å². The number of thioether (sulfide) groups is 1. The Hall–Kier alpha value is -0.540. The molecule has 0 saturated carbocycles. The highest BCUT2D eigenvalue weighted by molar-refractivity contribution is 8.02. The molecule has 0 saturated heterocycles. The van der Waals surface area contributed by atoms with Gasteiger partial charge in [-0.05, 0) is 17.2 Å². The highest BCUT2D eigenvalue weighted by Gasteiger charge is 2.03. The van der Waals surface area contributed by atoms with Crippen LogP contribution in [-0.2, 0) is 5.75 Å². The molecule has 0 fully saturated rings. The molecule has 13 heavy (non-hydrogen) atoms. The van der Waals surface area contributed by atoms with E-state index in [0.717, 1.165) is 17.3 Å². The van der Waals surface area contributed by atoms with Crippen LogP contribution in [0.3, 0.4) is 0 Å². The first-order valence-corrected chi connectivity index (χ1v) is 4.94. The van der Waals surface area contributed by atoms with Gasteiger partial charge in [0.1, 0.15) is 0 Å². The molecule has 0 aliphatic carbocycles. The van der Waals surface area contributed by atoms with Gasteiger partial charge >= 0.3 is 0 Å². The van der Waals surface area contributed by atoms with E-state index in [2.05, 4.69) is 0 Å². The Labute approximate surface area is 84.6 Å². The predicted octanol–water partition coefficient (Wildman–Crippen LogP) is 4.22. The minimum Gasteiger partial charge on any atom is -0.195 e. The smallest absolute Gasteiger partial charge is 0.195 e. The van der Waals surface area contributed by atoms with Crippen LogP contribution in [0, 0.1) is 0 Å². The monoisotopic (exact) mass is 220 g/mol. The summed E-state index contributed by atoms with van der Waals surface area (Å²) in [6.07, 6.45) is 0. The molecule has 0 radical (unpaired) electrons. The summed E-state index contributed by atoms with van der Waals surface area (Å²) in [5, 5.41) is -2.24. The third-order valence-electron chi connectivity index (χ3n) is 1.36. The van der Waals surface area contributed by atoms with Gasteiger partial charge in [-0.15, -0.1) is 0 Å². The van der Waals surface area contributed by atoms with Crippen LogP contribution in [0.2, 0.25) is 0 Å². The number of rotatable bonds is 3. The van der Waals surface area contributed by atoms with Crippen molar-refractivity contribution in [3.05, 3.63) is 46.3 Å². The van der Waals surface area contributed by atoms with Gasteiger partial charge in [-0.1, -0.05) is 42.1 Å². The molecule has 1 aromatic rings. The van der Waals surface area contributed by atoms with E-state index in [1.165, 1.54) is 0 Å². The van der Waals surface area contributed by atoms with Crippen LogP contribution in [0.5, 0.6) is 0 Å². The van der Waals surface area contributed by atoms with E-state index >= 15 is 0 Å². The van der Waals surface area contributed by atoms with E-state index in [1.807, 2.05) is 30.3 Å². The highest BCUT2D eigenvalue weighted by atomic mass is 35.5. The third kappa shape index (κ3) is 3.79. The number of hydrogen-bond acceptors (Lipinski definition) is 1. The molecule has 1 rings (SSSR count). The van der Waals surface area contributed by atoms with E-state index in [9.17, 15) is 8.78 Å². The Kier molecular flexibility index (Phi) is 4.25. The summed E-state index contributed by atoms with van der Waals surface area (Å²) in [7, 11) is 0. The highest BCUT2D eigenvalue weighted by Crippen LogP contribution is 2.27. The van der Waals surface area contributed by atoms with Crippen LogP contribution in [0.1, 0.15) is 5.56 Å². The van der Waals surface area contributed by atoms with E-state index in [-0.39, 0.29) is 0 Å². The summed E-state index contributed by atoms with van der Waals surface area (Å²) in [5.41, 5.74) is 0.931. The molecule has 0 spiro atoms. The Morgan fingerprint density at radius 2 is 1.85 bits per heavy atom. The lowest BCUT2D eigenvalue weighted by molar-refractivity contribution is 0.613. The fourth-order valence-electron chi connectivity index (χ4n) is 0.775. The summed E-state index contributed by atoms with van der Waals surface area (Å²) < 4.78 is 24.6. The largest absolute Gasteiger partial charge is 0.231 e. The van der Waals surface area contributed by atoms with Crippen molar-refractivity contribution in [2.45, 2.75) is 5.75 Å². The first-order chi connectivity index (χ1) is 6.20. The normalized spacial score (nSPS) is 12.5. The Balaban J connectivity index is 2.49. The number of hydrogen-bond donors (Lipinski definition) is 0. The number of halogens is 3. The van der Waals surface area contributed by atoms with Crippen molar-refractivity contribution >= 4 is 23.4 Å². The second-order valence-electron chi connectivity index (χ2n) is 2.31. The van der Waals surface area contributed by atoms with Crippen LogP contribution in [0.15, 0.2) is 40.8 Å². The van der Waals surface area contributed by atoms with Crippen LogP contribution in [0.25, 0.3) is 0 Å². The Bertz CT molecular complexity index is 294. The standard InChI is InChI=1S/C9H7ClF2S/c10-8(11)9(12)13-6-7-4-2-1-3-5-7/h1-5H,6H2/b9-8-. The molecular formula is C9H7ClF2S. The molecule has 0 bridgehead atoms. The van der Waals surface area contributed by atoms with Gasteiger partial charge in [-0.2, -0.15) is 8.78 Å². The summed E-state index contributed by atoms with van der Waals surface area (Å²) in [5.74, 6) is 0.382. The lowest BCUT2D eigenvalue weighted by atomic mass is 10.2. The second-order valence-corrected chi connectivity index (χ2v) is 3.58. The first kappa shape index (κ1) is 10.5. The van der Waals surface area contributed by atoms with E-state index in [4.69, 9.17) is 11.6 Å². The van der Waals surface area contributed by atoms with Gasteiger partial charge in [0, 0.05) is 5.75 Å². The fraction of sp³-hybridized carbons (Fsp3) is 0.111. The van der Waals surface area contributed by atoms with E-state index < -0.39 is 10.4 Å². The van der Waals surface area contributed by atoms with Crippen molar-refractivity contribution < 1.29 is 8.78 Å². The molecule has 0 aliphatic heterocycles. The maximum Gasteiger partial charge on any atom is 0.231 e. The molecule has 0 atom stereocenters. The fourth-order valence-corrected chi connectivity index (χ4v) is 1.53. The van der Waals surface area contributed by atoms with Crippen molar-refractivity contribution in [1.29, 1.82) is 0 Å². The van der Waals surface area contributed by atoms with Gasteiger partial charge < -0.3 is 0 Å². The Morgan fingerprint density at radius 3 is 2.38 bits per heavy atom. The zero-order valence-electron chi connectivity index (χ0n) is 6.64. The first-order valence-electron chi connectivity index (χ1n) is 3.57. The average molecular weight is 221 g/mol. The molecule has 0 nitrogen and oxygen atoms in total. The second kappa shape index (κ2) is 5.25.